The fourth-order valence-electron chi connectivity index (χ4n) is 1.54. The standard InChI is InChI=1S/C12H14F3NO5/c1-6(17)16-5-10(19)11(20)8-3-2-7(4-9(8)18)21-12(13,14)15/h2-4,10-11,18-20H,5H2,1H3,(H,16,17). The zero-order chi connectivity index (χ0) is 16.2. The lowest BCUT2D eigenvalue weighted by atomic mass is 10.0. The van der Waals surface area contributed by atoms with E-state index in [-0.39, 0.29) is 12.1 Å². The van der Waals surface area contributed by atoms with Gasteiger partial charge in [0.2, 0.25) is 5.91 Å². The van der Waals surface area contributed by atoms with Crippen LogP contribution in [-0.2, 0) is 4.79 Å². The Morgan fingerprint density at radius 1 is 1.38 bits per heavy atom. The third-order valence-corrected chi connectivity index (χ3v) is 2.48. The average molecular weight is 309 g/mol. The predicted molar refractivity (Wildman–Crippen MR) is 64.4 cm³/mol. The summed E-state index contributed by atoms with van der Waals surface area (Å²) in [5.74, 6) is -1.77. The second kappa shape index (κ2) is 6.64. The van der Waals surface area contributed by atoms with E-state index in [1.165, 1.54) is 6.92 Å². The first kappa shape index (κ1) is 17.1. The number of aliphatic hydroxyl groups excluding tert-OH is 2. The Morgan fingerprint density at radius 2 is 2.00 bits per heavy atom. The fraction of sp³-hybridized carbons (Fsp3) is 0.417. The van der Waals surface area contributed by atoms with E-state index >= 15 is 0 Å². The number of carbonyl (C=O) groups is 1. The Bertz CT molecular complexity index is 506. The van der Waals surface area contributed by atoms with Crippen LogP contribution in [0.3, 0.4) is 0 Å². The Balaban J connectivity index is 2.81. The maximum Gasteiger partial charge on any atom is 0.573 e. The van der Waals surface area contributed by atoms with Gasteiger partial charge in [0.15, 0.2) is 0 Å². The molecular weight excluding hydrogens is 295 g/mol. The summed E-state index contributed by atoms with van der Waals surface area (Å²) in [6, 6.07) is 2.53. The highest BCUT2D eigenvalue weighted by molar-refractivity contribution is 5.72. The average Bonchev–Trinajstić information content (AvgIpc) is 2.33. The molecule has 2 atom stereocenters. The van der Waals surface area contributed by atoms with Crippen LogP contribution < -0.4 is 10.1 Å². The zero-order valence-electron chi connectivity index (χ0n) is 10.9. The molecule has 0 fully saturated rings. The largest absolute Gasteiger partial charge is 0.573 e. The normalized spacial score (nSPS) is 14.4. The molecule has 0 saturated heterocycles. The summed E-state index contributed by atoms with van der Waals surface area (Å²) in [6.07, 6.45) is -7.93. The minimum Gasteiger partial charge on any atom is -0.507 e. The number of benzene rings is 1. The molecule has 0 radical (unpaired) electrons. The third-order valence-electron chi connectivity index (χ3n) is 2.48. The number of nitrogens with one attached hydrogen (secondary N) is 1. The molecule has 9 heteroatoms. The van der Waals surface area contributed by atoms with Gasteiger partial charge < -0.3 is 25.4 Å². The van der Waals surface area contributed by atoms with Crippen molar-refractivity contribution >= 4 is 5.91 Å². The van der Waals surface area contributed by atoms with Gasteiger partial charge in [0, 0.05) is 25.1 Å². The number of rotatable bonds is 5. The van der Waals surface area contributed by atoms with Crippen LogP contribution in [-0.4, -0.2) is 40.2 Å². The summed E-state index contributed by atoms with van der Waals surface area (Å²) < 4.78 is 39.6. The molecule has 6 nitrogen and oxygen atoms in total. The van der Waals surface area contributed by atoms with Gasteiger partial charge >= 0.3 is 6.36 Å². The molecule has 0 aliphatic carbocycles. The second-order valence-corrected chi connectivity index (χ2v) is 4.22. The Kier molecular flexibility index (Phi) is 5.39. The lowest BCUT2D eigenvalue weighted by molar-refractivity contribution is -0.274. The van der Waals surface area contributed by atoms with Gasteiger partial charge in [-0.05, 0) is 12.1 Å². The quantitative estimate of drug-likeness (QED) is 0.645. The van der Waals surface area contributed by atoms with E-state index in [0.717, 1.165) is 12.1 Å². The number of amides is 1. The maximum absolute atomic E-state index is 12.0. The Morgan fingerprint density at radius 3 is 2.48 bits per heavy atom. The summed E-state index contributed by atoms with van der Waals surface area (Å²) in [5.41, 5.74) is -0.192. The van der Waals surface area contributed by atoms with Crippen molar-refractivity contribution in [2.75, 3.05) is 6.54 Å². The van der Waals surface area contributed by atoms with Crippen LogP contribution in [0.5, 0.6) is 11.5 Å². The number of aromatic hydroxyl groups is 1. The summed E-state index contributed by atoms with van der Waals surface area (Å²) in [5, 5.41) is 31.2. The SMILES string of the molecule is CC(=O)NCC(O)C(O)c1ccc(OC(F)(F)F)cc1O. The minimum absolute atomic E-state index is 0.192. The first-order valence-corrected chi connectivity index (χ1v) is 5.79. The number of phenolic OH excluding ortho intramolecular Hbond substituents is 1. The van der Waals surface area contributed by atoms with Gasteiger partial charge in [-0.15, -0.1) is 13.2 Å². The molecule has 1 amide bonds. The Labute approximate surface area is 117 Å². The predicted octanol–water partition coefficient (Wildman–Crippen LogP) is 0.821. The molecule has 0 spiro atoms. The molecule has 0 aliphatic heterocycles. The van der Waals surface area contributed by atoms with Crippen LogP contribution in [0.2, 0.25) is 0 Å². The molecule has 0 heterocycles. The maximum atomic E-state index is 12.0. The van der Waals surface area contributed by atoms with Crippen molar-refractivity contribution in [1.29, 1.82) is 0 Å². The molecular formula is C12H14F3NO5. The molecule has 0 aromatic heterocycles. The number of aliphatic hydroxyl groups is 2. The van der Waals surface area contributed by atoms with Gasteiger partial charge in [-0.3, -0.25) is 4.79 Å². The lowest BCUT2D eigenvalue weighted by Gasteiger charge is -2.19. The molecule has 21 heavy (non-hydrogen) atoms. The van der Waals surface area contributed by atoms with Gasteiger partial charge in [0.05, 0.1) is 0 Å². The van der Waals surface area contributed by atoms with Crippen molar-refractivity contribution in [3.63, 3.8) is 0 Å². The van der Waals surface area contributed by atoms with Gasteiger partial charge in [0.25, 0.3) is 0 Å². The van der Waals surface area contributed by atoms with Crippen molar-refractivity contribution in [2.45, 2.75) is 25.5 Å². The van der Waals surface area contributed by atoms with Crippen LogP contribution in [0.15, 0.2) is 18.2 Å². The number of carbonyl (C=O) groups excluding carboxylic acids is 1. The van der Waals surface area contributed by atoms with Crippen LogP contribution in [0.1, 0.15) is 18.6 Å². The van der Waals surface area contributed by atoms with Crippen molar-refractivity contribution < 1.29 is 38.0 Å². The summed E-state index contributed by atoms with van der Waals surface area (Å²) in [6.45, 7) is 0.927. The fourth-order valence-corrected chi connectivity index (χ4v) is 1.54. The number of phenols is 1. The third kappa shape index (κ3) is 5.48. The van der Waals surface area contributed by atoms with Gasteiger partial charge in [-0.25, -0.2) is 0 Å². The number of hydrogen-bond donors (Lipinski definition) is 4. The summed E-state index contributed by atoms with van der Waals surface area (Å²) >= 11 is 0. The van der Waals surface area contributed by atoms with Crippen molar-refractivity contribution in [3.8, 4) is 11.5 Å². The van der Waals surface area contributed by atoms with E-state index in [1.54, 1.807) is 0 Å². The summed E-state index contributed by atoms with van der Waals surface area (Å²) in [7, 11) is 0. The first-order valence-electron chi connectivity index (χ1n) is 5.79. The number of alkyl halides is 3. The molecule has 1 aromatic carbocycles. The van der Waals surface area contributed by atoms with Gasteiger partial charge in [-0.2, -0.15) is 0 Å². The highest BCUT2D eigenvalue weighted by atomic mass is 19.4. The molecule has 1 aromatic rings. The molecule has 1 rings (SSSR count). The zero-order valence-corrected chi connectivity index (χ0v) is 10.9. The van der Waals surface area contributed by atoms with E-state index in [9.17, 15) is 33.3 Å². The van der Waals surface area contributed by atoms with Crippen molar-refractivity contribution in [1.82, 2.24) is 5.32 Å². The van der Waals surface area contributed by atoms with E-state index in [1.807, 2.05) is 0 Å². The van der Waals surface area contributed by atoms with Crippen molar-refractivity contribution in [2.24, 2.45) is 0 Å². The highest BCUT2D eigenvalue weighted by Crippen LogP contribution is 2.32. The monoisotopic (exact) mass is 309 g/mol. The van der Waals surface area contributed by atoms with Gasteiger partial charge in [-0.1, -0.05) is 0 Å². The smallest absolute Gasteiger partial charge is 0.507 e. The van der Waals surface area contributed by atoms with E-state index in [0.29, 0.717) is 6.07 Å². The van der Waals surface area contributed by atoms with Crippen LogP contribution in [0, 0.1) is 0 Å². The topological polar surface area (TPSA) is 99.0 Å². The van der Waals surface area contributed by atoms with Crippen LogP contribution in [0.25, 0.3) is 0 Å². The number of hydrogen-bond acceptors (Lipinski definition) is 5. The minimum atomic E-state index is -4.91. The molecule has 0 bridgehead atoms. The Hall–Kier alpha value is -2.00. The molecule has 118 valence electrons. The van der Waals surface area contributed by atoms with Gasteiger partial charge in [0.1, 0.15) is 23.7 Å². The molecule has 2 unspecified atom stereocenters. The lowest BCUT2D eigenvalue weighted by Crippen LogP contribution is -2.34. The first-order chi connectivity index (χ1) is 9.60. The van der Waals surface area contributed by atoms with E-state index in [4.69, 9.17) is 0 Å². The van der Waals surface area contributed by atoms with Crippen LogP contribution >= 0.6 is 0 Å². The highest BCUT2D eigenvalue weighted by Gasteiger charge is 2.31. The molecule has 0 saturated carbocycles. The van der Waals surface area contributed by atoms with E-state index < -0.39 is 36.0 Å². The van der Waals surface area contributed by atoms with Crippen molar-refractivity contribution in [3.05, 3.63) is 23.8 Å². The number of ether oxygens (including phenoxy) is 1. The molecule has 4 N–H and O–H groups in total. The number of halogens is 3. The van der Waals surface area contributed by atoms with Crippen LogP contribution in [0.4, 0.5) is 13.2 Å². The van der Waals surface area contributed by atoms with E-state index in [2.05, 4.69) is 10.1 Å². The molecule has 0 aliphatic rings. The summed E-state index contributed by atoms with van der Waals surface area (Å²) in [4.78, 5) is 10.7. The second-order valence-electron chi connectivity index (χ2n) is 4.22.